The Morgan fingerprint density at radius 2 is 2.04 bits per heavy atom. The molecule has 0 radical (unpaired) electrons. The van der Waals surface area contributed by atoms with Gasteiger partial charge in [-0.1, -0.05) is 17.9 Å². The summed E-state index contributed by atoms with van der Waals surface area (Å²) in [6, 6.07) is 7.28. The summed E-state index contributed by atoms with van der Waals surface area (Å²) < 4.78 is 6.46. The lowest BCUT2D eigenvalue weighted by atomic mass is 10.0. The predicted molar refractivity (Wildman–Crippen MR) is 87.0 cm³/mol. The highest BCUT2D eigenvalue weighted by molar-refractivity contribution is 5.90. The maximum absolute atomic E-state index is 11.6. The van der Waals surface area contributed by atoms with Crippen LogP contribution in [0, 0.1) is 18.8 Å². The highest BCUT2D eigenvalue weighted by atomic mass is 16.5. The summed E-state index contributed by atoms with van der Waals surface area (Å²) in [6.45, 7) is 1.95. The van der Waals surface area contributed by atoms with Crippen LogP contribution in [0.1, 0.15) is 27.0 Å². The summed E-state index contributed by atoms with van der Waals surface area (Å²) in [6.07, 6.45) is 3.48. The van der Waals surface area contributed by atoms with Crippen LogP contribution in [0.4, 0.5) is 0 Å². The molecule has 3 aromatic rings. The van der Waals surface area contributed by atoms with Crippen LogP contribution >= 0.6 is 0 Å². The Labute approximate surface area is 133 Å². The lowest BCUT2D eigenvalue weighted by Gasteiger charge is -2.02. The molecule has 1 aromatic carbocycles. The van der Waals surface area contributed by atoms with E-state index in [1.54, 1.807) is 29.2 Å². The molecule has 0 aliphatic rings. The molecular formula is C18H15N3O2. The van der Waals surface area contributed by atoms with Gasteiger partial charge in [0.15, 0.2) is 5.65 Å². The van der Waals surface area contributed by atoms with Crippen LogP contribution < -0.4 is 0 Å². The molecule has 5 nitrogen and oxygen atoms in total. The van der Waals surface area contributed by atoms with E-state index in [1.165, 1.54) is 7.11 Å². The van der Waals surface area contributed by atoms with Gasteiger partial charge in [-0.2, -0.15) is 5.10 Å². The van der Waals surface area contributed by atoms with Gasteiger partial charge >= 0.3 is 5.97 Å². The first kappa shape index (κ1) is 14.8. The molecule has 0 N–H and O–H groups in total. The van der Waals surface area contributed by atoms with Crippen LogP contribution in [0.2, 0.25) is 0 Å². The average molecular weight is 305 g/mol. The molecule has 0 atom stereocenters. The standard InChI is InChI=1S/C18H15N3O2/c1-12-4-6-15(18(22)23-3)9-14(12)7-5-13-8-16-11-20-21(2)17(16)19-10-13/h4,6,8-11H,1-3H3. The summed E-state index contributed by atoms with van der Waals surface area (Å²) in [4.78, 5) is 16.0. The van der Waals surface area contributed by atoms with Gasteiger partial charge in [0.05, 0.1) is 18.9 Å². The van der Waals surface area contributed by atoms with Gasteiger partial charge < -0.3 is 4.74 Å². The van der Waals surface area contributed by atoms with E-state index in [2.05, 4.69) is 21.9 Å². The first-order chi connectivity index (χ1) is 11.1. The molecule has 23 heavy (non-hydrogen) atoms. The summed E-state index contributed by atoms with van der Waals surface area (Å²) in [5.74, 6) is 5.81. The molecule has 0 aliphatic carbocycles. The SMILES string of the molecule is COC(=O)c1ccc(C)c(C#Cc2cnc3c(cnn3C)c2)c1. The molecule has 0 bridgehead atoms. The summed E-state index contributed by atoms with van der Waals surface area (Å²) in [5.41, 5.74) is 3.90. The third kappa shape index (κ3) is 2.92. The fraction of sp³-hybridized carbons (Fsp3) is 0.167. The van der Waals surface area contributed by atoms with E-state index < -0.39 is 0 Å². The molecule has 5 heteroatoms. The van der Waals surface area contributed by atoms with Gasteiger partial charge in [0.2, 0.25) is 0 Å². The minimum Gasteiger partial charge on any atom is -0.465 e. The number of rotatable bonds is 1. The van der Waals surface area contributed by atoms with Crippen molar-refractivity contribution in [2.75, 3.05) is 7.11 Å². The lowest BCUT2D eigenvalue weighted by molar-refractivity contribution is 0.0600. The van der Waals surface area contributed by atoms with Gasteiger partial charge in [-0.05, 0) is 30.7 Å². The highest BCUT2D eigenvalue weighted by Crippen LogP contribution is 2.13. The van der Waals surface area contributed by atoms with E-state index in [0.717, 1.165) is 27.7 Å². The molecular weight excluding hydrogens is 290 g/mol. The van der Waals surface area contributed by atoms with E-state index in [-0.39, 0.29) is 5.97 Å². The largest absolute Gasteiger partial charge is 0.465 e. The van der Waals surface area contributed by atoms with Gasteiger partial charge in [-0.3, -0.25) is 4.68 Å². The highest BCUT2D eigenvalue weighted by Gasteiger charge is 2.07. The van der Waals surface area contributed by atoms with Crippen LogP contribution in [0.25, 0.3) is 11.0 Å². The normalized spacial score (nSPS) is 10.2. The number of ether oxygens (including phenoxy) is 1. The second kappa shape index (κ2) is 5.93. The number of methoxy groups -OCH3 is 1. The summed E-state index contributed by atoms with van der Waals surface area (Å²) >= 11 is 0. The van der Waals surface area contributed by atoms with Crippen LogP contribution in [0.15, 0.2) is 36.7 Å². The van der Waals surface area contributed by atoms with Crippen molar-refractivity contribution < 1.29 is 9.53 Å². The topological polar surface area (TPSA) is 57.0 Å². The van der Waals surface area contributed by atoms with Gasteiger partial charge in [0, 0.05) is 29.8 Å². The maximum atomic E-state index is 11.6. The number of fused-ring (bicyclic) bond motifs is 1. The second-order valence-electron chi connectivity index (χ2n) is 5.18. The number of aromatic nitrogens is 3. The molecule has 2 aromatic heterocycles. The fourth-order valence-electron chi connectivity index (χ4n) is 2.25. The number of aryl methyl sites for hydroxylation is 2. The van der Waals surface area contributed by atoms with Gasteiger partial charge in [0.25, 0.3) is 0 Å². The van der Waals surface area contributed by atoms with Crippen LogP contribution in [0.3, 0.4) is 0 Å². The Morgan fingerprint density at radius 3 is 2.83 bits per heavy atom. The molecule has 2 heterocycles. The Hall–Kier alpha value is -3.13. The molecule has 114 valence electrons. The number of hydrogen-bond donors (Lipinski definition) is 0. The molecule has 0 aliphatic heterocycles. The first-order valence-corrected chi connectivity index (χ1v) is 7.07. The molecule has 0 amide bonds. The van der Waals surface area contributed by atoms with Crippen molar-refractivity contribution >= 4 is 17.0 Å². The number of benzene rings is 1. The van der Waals surface area contributed by atoms with Crippen molar-refractivity contribution in [3.05, 3.63) is 58.9 Å². The van der Waals surface area contributed by atoms with E-state index in [1.807, 2.05) is 26.1 Å². The van der Waals surface area contributed by atoms with Crippen molar-refractivity contribution in [3.8, 4) is 11.8 Å². The van der Waals surface area contributed by atoms with E-state index in [0.29, 0.717) is 5.56 Å². The van der Waals surface area contributed by atoms with Gasteiger partial charge in [-0.15, -0.1) is 0 Å². The third-order valence-electron chi connectivity index (χ3n) is 3.57. The van der Waals surface area contributed by atoms with Crippen molar-refractivity contribution in [2.45, 2.75) is 6.92 Å². The van der Waals surface area contributed by atoms with Gasteiger partial charge in [-0.25, -0.2) is 9.78 Å². The molecule has 0 saturated heterocycles. The Morgan fingerprint density at radius 1 is 1.22 bits per heavy atom. The van der Waals surface area contributed by atoms with Crippen molar-refractivity contribution in [1.29, 1.82) is 0 Å². The average Bonchev–Trinajstić information content (AvgIpc) is 2.94. The zero-order chi connectivity index (χ0) is 16.4. The van der Waals surface area contributed by atoms with Crippen LogP contribution in [-0.4, -0.2) is 27.8 Å². The maximum Gasteiger partial charge on any atom is 0.337 e. The Bertz CT molecular complexity index is 961. The second-order valence-corrected chi connectivity index (χ2v) is 5.18. The monoisotopic (exact) mass is 305 g/mol. The van der Waals surface area contributed by atoms with Crippen molar-refractivity contribution in [2.24, 2.45) is 7.05 Å². The van der Waals surface area contributed by atoms with Crippen molar-refractivity contribution in [1.82, 2.24) is 14.8 Å². The summed E-state index contributed by atoms with van der Waals surface area (Å²) in [7, 11) is 3.21. The Kier molecular flexibility index (Phi) is 3.82. The fourth-order valence-corrected chi connectivity index (χ4v) is 2.25. The molecule has 0 spiro atoms. The van der Waals surface area contributed by atoms with Crippen LogP contribution in [0.5, 0.6) is 0 Å². The van der Waals surface area contributed by atoms with Crippen LogP contribution in [-0.2, 0) is 11.8 Å². The van der Waals surface area contributed by atoms with Crippen molar-refractivity contribution in [3.63, 3.8) is 0 Å². The zero-order valence-corrected chi connectivity index (χ0v) is 13.1. The number of carbonyl (C=O) groups is 1. The number of pyridine rings is 1. The van der Waals surface area contributed by atoms with E-state index in [9.17, 15) is 4.79 Å². The van der Waals surface area contributed by atoms with Gasteiger partial charge in [0.1, 0.15) is 0 Å². The lowest BCUT2D eigenvalue weighted by Crippen LogP contribution is -2.01. The van der Waals surface area contributed by atoms with E-state index >= 15 is 0 Å². The Balaban J connectivity index is 1.97. The molecule has 0 unspecified atom stereocenters. The zero-order valence-electron chi connectivity index (χ0n) is 13.1. The predicted octanol–water partition coefficient (Wildman–Crippen LogP) is 2.46. The first-order valence-electron chi connectivity index (χ1n) is 7.07. The minimum absolute atomic E-state index is 0.369. The quantitative estimate of drug-likeness (QED) is 0.512. The number of esters is 1. The molecule has 3 rings (SSSR count). The number of carbonyl (C=O) groups excluding carboxylic acids is 1. The third-order valence-corrected chi connectivity index (χ3v) is 3.57. The number of nitrogens with zero attached hydrogens (tertiary/aromatic N) is 3. The molecule has 0 saturated carbocycles. The summed E-state index contributed by atoms with van der Waals surface area (Å²) in [5, 5.41) is 5.11. The molecule has 0 fully saturated rings. The minimum atomic E-state index is -0.369. The van der Waals surface area contributed by atoms with E-state index in [4.69, 9.17) is 4.74 Å². The smallest absolute Gasteiger partial charge is 0.337 e. The number of hydrogen-bond acceptors (Lipinski definition) is 4.